The molecule has 6 heteroatoms. The molecular weight excluding hydrogens is 224 g/mol. The van der Waals surface area contributed by atoms with Crippen LogP contribution in [0.1, 0.15) is 12.5 Å². The normalized spacial score (nSPS) is 23.1. The number of hydrogen-bond donors (Lipinski definition) is 1. The lowest BCUT2D eigenvalue weighted by Crippen LogP contribution is -2.28. The summed E-state index contributed by atoms with van der Waals surface area (Å²) in [6.07, 6.45) is 0. The number of aliphatic hydroxyl groups is 1. The number of nitrogens with zero attached hydrogens (tertiary/aromatic N) is 2. The van der Waals surface area contributed by atoms with Gasteiger partial charge < -0.3 is 9.84 Å². The zero-order chi connectivity index (χ0) is 12.5. The Kier molecular flexibility index (Phi) is 2.81. The fourth-order valence-corrected chi connectivity index (χ4v) is 1.49. The van der Waals surface area contributed by atoms with Crippen LogP contribution in [0.5, 0.6) is 0 Å². The number of aliphatic imine (C=N–C) groups is 1. The topological polar surface area (TPSA) is 85.0 Å². The molecule has 6 nitrogen and oxygen atoms in total. The summed E-state index contributed by atoms with van der Waals surface area (Å²) in [6, 6.07) is 5.96. The predicted molar refractivity (Wildman–Crippen MR) is 61.1 cm³/mol. The van der Waals surface area contributed by atoms with Crippen molar-refractivity contribution in [1.82, 2.24) is 0 Å². The van der Waals surface area contributed by atoms with E-state index in [0.29, 0.717) is 18.1 Å². The third kappa shape index (κ3) is 2.26. The first-order valence-electron chi connectivity index (χ1n) is 5.12. The molecule has 1 aliphatic rings. The van der Waals surface area contributed by atoms with Crippen molar-refractivity contribution in [2.75, 3.05) is 13.2 Å². The molecule has 1 atom stereocenters. The number of non-ortho nitro benzene ring substituents is 1. The molecule has 1 heterocycles. The molecule has 90 valence electrons. The van der Waals surface area contributed by atoms with Crippen molar-refractivity contribution < 1.29 is 14.8 Å². The molecule has 0 bridgehead atoms. The molecule has 0 aromatic heterocycles. The molecular formula is C11H12N2O4. The van der Waals surface area contributed by atoms with Gasteiger partial charge >= 0.3 is 0 Å². The van der Waals surface area contributed by atoms with E-state index in [-0.39, 0.29) is 12.3 Å². The zero-order valence-electron chi connectivity index (χ0n) is 9.29. The van der Waals surface area contributed by atoms with Gasteiger partial charge in [-0.25, -0.2) is 4.99 Å². The molecule has 0 fully saturated rings. The van der Waals surface area contributed by atoms with Gasteiger partial charge in [0.15, 0.2) is 0 Å². The molecule has 1 aromatic carbocycles. The smallest absolute Gasteiger partial charge is 0.269 e. The molecule has 0 saturated carbocycles. The highest BCUT2D eigenvalue weighted by Gasteiger charge is 2.31. The fraction of sp³-hybridized carbons (Fsp3) is 0.364. The molecule has 1 N–H and O–H groups in total. The van der Waals surface area contributed by atoms with E-state index in [1.807, 2.05) is 0 Å². The Labute approximate surface area is 97.7 Å². The number of benzene rings is 1. The second-order valence-corrected chi connectivity index (χ2v) is 4.16. The lowest BCUT2D eigenvalue weighted by molar-refractivity contribution is -0.384. The van der Waals surface area contributed by atoms with E-state index >= 15 is 0 Å². The lowest BCUT2D eigenvalue weighted by atomic mass is 10.1. The Bertz CT molecular complexity index is 469. The Morgan fingerprint density at radius 1 is 1.53 bits per heavy atom. The van der Waals surface area contributed by atoms with Crippen LogP contribution >= 0.6 is 0 Å². The second-order valence-electron chi connectivity index (χ2n) is 4.16. The highest BCUT2D eigenvalue weighted by Crippen LogP contribution is 2.22. The summed E-state index contributed by atoms with van der Waals surface area (Å²) in [6.45, 7) is 2.00. The number of rotatable bonds is 3. The van der Waals surface area contributed by atoms with E-state index in [4.69, 9.17) is 9.84 Å². The van der Waals surface area contributed by atoms with Gasteiger partial charge in [-0.1, -0.05) is 0 Å². The molecule has 1 aromatic rings. The quantitative estimate of drug-likeness (QED) is 0.629. The van der Waals surface area contributed by atoms with Crippen molar-refractivity contribution in [3.63, 3.8) is 0 Å². The van der Waals surface area contributed by atoms with Gasteiger partial charge in [0.05, 0.1) is 11.5 Å². The maximum atomic E-state index is 10.5. The van der Waals surface area contributed by atoms with Gasteiger partial charge in [-0.3, -0.25) is 10.1 Å². The molecule has 1 aliphatic heterocycles. The number of nitro groups is 1. The van der Waals surface area contributed by atoms with E-state index in [1.165, 1.54) is 12.1 Å². The average Bonchev–Trinajstić information content (AvgIpc) is 2.73. The molecule has 0 aliphatic carbocycles. The summed E-state index contributed by atoms with van der Waals surface area (Å²) in [5, 5.41) is 19.6. The van der Waals surface area contributed by atoms with Crippen molar-refractivity contribution >= 4 is 11.6 Å². The third-order valence-electron chi connectivity index (χ3n) is 2.56. The minimum atomic E-state index is -0.614. The minimum Gasteiger partial charge on any atom is -0.475 e. The zero-order valence-corrected chi connectivity index (χ0v) is 9.29. The standard InChI is InChI=1S/C11H12N2O4/c1-11(6-14)7-17-10(12-11)8-2-4-9(5-3-8)13(15)16/h2-5,14H,6-7H2,1H3/t11-/m1/s1. The molecule has 0 saturated heterocycles. The molecule has 0 radical (unpaired) electrons. The van der Waals surface area contributed by atoms with E-state index in [9.17, 15) is 10.1 Å². The van der Waals surface area contributed by atoms with Crippen LogP contribution < -0.4 is 0 Å². The van der Waals surface area contributed by atoms with Crippen LogP contribution in [-0.4, -0.2) is 34.7 Å². The lowest BCUT2D eigenvalue weighted by Gasteiger charge is -2.12. The van der Waals surface area contributed by atoms with E-state index in [0.717, 1.165) is 0 Å². The number of ether oxygens (including phenoxy) is 1. The number of nitro benzene ring substituents is 1. The van der Waals surface area contributed by atoms with Gasteiger partial charge in [0.2, 0.25) is 5.90 Å². The largest absolute Gasteiger partial charge is 0.475 e. The molecule has 17 heavy (non-hydrogen) atoms. The monoisotopic (exact) mass is 236 g/mol. The van der Waals surface area contributed by atoms with Gasteiger partial charge in [0, 0.05) is 17.7 Å². The molecule has 0 amide bonds. The van der Waals surface area contributed by atoms with Crippen LogP contribution in [0.15, 0.2) is 29.3 Å². The summed E-state index contributed by atoms with van der Waals surface area (Å²) < 4.78 is 5.37. The summed E-state index contributed by atoms with van der Waals surface area (Å²) >= 11 is 0. The van der Waals surface area contributed by atoms with Gasteiger partial charge in [-0.2, -0.15) is 0 Å². The first-order valence-corrected chi connectivity index (χ1v) is 5.12. The van der Waals surface area contributed by atoms with Crippen LogP contribution in [-0.2, 0) is 4.74 Å². The highest BCUT2D eigenvalue weighted by molar-refractivity contribution is 5.95. The van der Waals surface area contributed by atoms with Crippen LogP contribution in [0.4, 0.5) is 5.69 Å². The van der Waals surface area contributed by atoms with E-state index in [2.05, 4.69) is 4.99 Å². The third-order valence-corrected chi connectivity index (χ3v) is 2.56. The van der Waals surface area contributed by atoms with Crippen LogP contribution in [0.3, 0.4) is 0 Å². The highest BCUT2D eigenvalue weighted by atomic mass is 16.6. The minimum absolute atomic E-state index is 0.0252. The Morgan fingerprint density at radius 3 is 2.65 bits per heavy atom. The van der Waals surface area contributed by atoms with E-state index < -0.39 is 10.5 Å². The van der Waals surface area contributed by atoms with Crippen molar-refractivity contribution in [3.8, 4) is 0 Å². The van der Waals surface area contributed by atoms with Crippen LogP contribution in [0.25, 0.3) is 0 Å². The van der Waals surface area contributed by atoms with Crippen molar-refractivity contribution in [1.29, 1.82) is 0 Å². The maximum Gasteiger partial charge on any atom is 0.269 e. The van der Waals surface area contributed by atoms with Crippen LogP contribution in [0, 0.1) is 10.1 Å². The van der Waals surface area contributed by atoms with Crippen molar-refractivity contribution in [3.05, 3.63) is 39.9 Å². The summed E-state index contributed by atoms with van der Waals surface area (Å²) in [7, 11) is 0. The van der Waals surface area contributed by atoms with Gasteiger partial charge in [-0.05, 0) is 19.1 Å². The molecule has 0 spiro atoms. The number of aliphatic hydroxyl groups excluding tert-OH is 1. The summed E-state index contributed by atoms with van der Waals surface area (Å²) in [4.78, 5) is 14.3. The average molecular weight is 236 g/mol. The SMILES string of the molecule is C[C@@]1(CO)COC(c2ccc([N+](=O)[O-])cc2)=N1. The Hall–Kier alpha value is -1.95. The summed E-state index contributed by atoms with van der Waals surface area (Å²) in [5.41, 5.74) is 0.0851. The predicted octanol–water partition coefficient (Wildman–Crippen LogP) is 1.12. The van der Waals surface area contributed by atoms with Gasteiger partial charge in [0.25, 0.3) is 5.69 Å². The maximum absolute atomic E-state index is 10.5. The van der Waals surface area contributed by atoms with Gasteiger partial charge in [0.1, 0.15) is 12.1 Å². The Morgan fingerprint density at radius 2 is 2.18 bits per heavy atom. The van der Waals surface area contributed by atoms with Crippen LogP contribution in [0.2, 0.25) is 0 Å². The van der Waals surface area contributed by atoms with Gasteiger partial charge in [-0.15, -0.1) is 0 Å². The summed E-state index contributed by atoms with van der Waals surface area (Å²) in [5.74, 6) is 0.413. The first kappa shape index (κ1) is 11.5. The van der Waals surface area contributed by atoms with Crippen molar-refractivity contribution in [2.24, 2.45) is 4.99 Å². The molecule has 0 unspecified atom stereocenters. The fourth-order valence-electron chi connectivity index (χ4n) is 1.49. The second kappa shape index (κ2) is 4.14. The Balaban J connectivity index is 2.25. The van der Waals surface area contributed by atoms with Crippen molar-refractivity contribution in [2.45, 2.75) is 12.5 Å². The first-order chi connectivity index (χ1) is 8.04. The molecule has 2 rings (SSSR count). The van der Waals surface area contributed by atoms with E-state index in [1.54, 1.807) is 19.1 Å². The number of hydrogen-bond acceptors (Lipinski definition) is 5.